The second kappa shape index (κ2) is 6.12. The lowest BCUT2D eigenvalue weighted by Gasteiger charge is -2.27. The van der Waals surface area contributed by atoms with Gasteiger partial charge in [0.05, 0.1) is 0 Å². The number of carboxylic acids is 1. The van der Waals surface area contributed by atoms with Crippen molar-refractivity contribution < 1.29 is 36.2 Å². The number of benzene rings is 1. The van der Waals surface area contributed by atoms with Crippen molar-refractivity contribution in [3.05, 3.63) is 35.1 Å². The largest absolute Gasteiger partial charge is 0.490 e. The molecule has 112 valence electrons. The number of carboxylic acid groups (broad SMARTS) is 1. The molecule has 1 aliphatic rings. The molecule has 0 saturated carbocycles. The van der Waals surface area contributed by atoms with Gasteiger partial charge in [-0.2, -0.15) is 13.2 Å². The Kier molecular flexibility index (Phi) is 4.98. The highest BCUT2D eigenvalue weighted by atomic mass is 19.4. The van der Waals surface area contributed by atoms with Gasteiger partial charge >= 0.3 is 12.1 Å². The second-order valence-corrected chi connectivity index (χ2v) is 3.96. The first-order valence-electron chi connectivity index (χ1n) is 5.28. The zero-order valence-electron chi connectivity index (χ0n) is 9.77. The lowest BCUT2D eigenvalue weighted by Crippen LogP contribution is -2.40. The minimum Gasteiger partial charge on any atom is -0.475 e. The highest BCUT2D eigenvalue weighted by Gasteiger charge is 2.38. The van der Waals surface area contributed by atoms with Gasteiger partial charge in [0, 0.05) is 19.0 Å². The van der Waals surface area contributed by atoms with E-state index in [4.69, 9.17) is 9.90 Å². The molecule has 1 heterocycles. The Balaban J connectivity index is 0.000000246. The first-order chi connectivity index (χ1) is 9.12. The van der Waals surface area contributed by atoms with E-state index in [0.29, 0.717) is 18.7 Å². The Morgan fingerprint density at radius 2 is 1.55 bits per heavy atom. The fourth-order valence-corrected chi connectivity index (χ4v) is 1.34. The van der Waals surface area contributed by atoms with Crippen LogP contribution >= 0.6 is 0 Å². The summed E-state index contributed by atoms with van der Waals surface area (Å²) in [7, 11) is 0. The van der Waals surface area contributed by atoms with E-state index in [0.717, 1.165) is 12.1 Å². The van der Waals surface area contributed by atoms with Gasteiger partial charge in [0.1, 0.15) is 0 Å². The number of aliphatic carboxylic acids is 1. The van der Waals surface area contributed by atoms with Crippen molar-refractivity contribution in [3.8, 4) is 0 Å². The zero-order chi connectivity index (χ0) is 15.5. The summed E-state index contributed by atoms with van der Waals surface area (Å²) in [6, 6.07) is 2.12. The third-order valence-electron chi connectivity index (χ3n) is 2.50. The molecule has 9 heteroatoms. The first kappa shape index (κ1) is 16.3. The zero-order valence-corrected chi connectivity index (χ0v) is 9.77. The Bertz CT molecular complexity index is 475. The van der Waals surface area contributed by atoms with Crippen LogP contribution in [0.1, 0.15) is 11.5 Å². The highest BCUT2D eigenvalue weighted by Crippen LogP contribution is 2.23. The molecule has 1 aromatic carbocycles. The normalized spacial score (nSPS) is 15.1. The Morgan fingerprint density at radius 1 is 1.15 bits per heavy atom. The number of hydrogen-bond donors (Lipinski definition) is 2. The summed E-state index contributed by atoms with van der Waals surface area (Å²) >= 11 is 0. The van der Waals surface area contributed by atoms with Gasteiger partial charge in [-0.15, -0.1) is 0 Å². The maximum atomic E-state index is 12.7. The minimum atomic E-state index is -5.08. The van der Waals surface area contributed by atoms with Gasteiger partial charge in [-0.3, -0.25) is 0 Å². The van der Waals surface area contributed by atoms with Crippen LogP contribution in [0.2, 0.25) is 0 Å². The molecular formula is C11H9F6NO2. The molecule has 0 amide bonds. The van der Waals surface area contributed by atoms with Crippen molar-refractivity contribution in [1.29, 1.82) is 0 Å². The standard InChI is InChI=1S/C9H8F3N.C2HF3O2/c10-7-1-5(6-3-13-4-6)2-8(11)9(7)12;3-2(4,5)1(6)7/h1-2,6,13H,3-4H2;(H,6,7). The van der Waals surface area contributed by atoms with Crippen LogP contribution in [0.5, 0.6) is 0 Å². The number of alkyl halides is 3. The predicted octanol–water partition coefficient (Wildman–Crippen LogP) is 2.42. The second-order valence-electron chi connectivity index (χ2n) is 3.96. The van der Waals surface area contributed by atoms with E-state index in [1.54, 1.807) is 0 Å². The third kappa shape index (κ3) is 4.12. The summed E-state index contributed by atoms with van der Waals surface area (Å²) in [6.45, 7) is 1.40. The molecule has 0 atom stereocenters. The molecular weight excluding hydrogens is 292 g/mol. The predicted molar refractivity (Wildman–Crippen MR) is 55.6 cm³/mol. The van der Waals surface area contributed by atoms with Gasteiger partial charge in [-0.25, -0.2) is 18.0 Å². The molecule has 1 fully saturated rings. The van der Waals surface area contributed by atoms with Crippen LogP contribution in [0.3, 0.4) is 0 Å². The van der Waals surface area contributed by atoms with E-state index >= 15 is 0 Å². The molecule has 0 bridgehead atoms. The van der Waals surface area contributed by atoms with Gasteiger partial charge in [0.2, 0.25) is 0 Å². The summed E-state index contributed by atoms with van der Waals surface area (Å²) in [6.07, 6.45) is -5.08. The topological polar surface area (TPSA) is 49.3 Å². The summed E-state index contributed by atoms with van der Waals surface area (Å²) in [5.74, 6) is -6.25. The van der Waals surface area contributed by atoms with E-state index in [9.17, 15) is 26.3 Å². The lowest BCUT2D eigenvalue weighted by atomic mass is 9.93. The summed E-state index contributed by atoms with van der Waals surface area (Å²) in [5.41, 5.74) is 0.523. The molecule has 2 N–H and O–H groups in total. The Hall–Kier alpha value is -1.77. The van der Waals surface area contributed by atoms with Crippen LogP contribution in [-0.2, 0) is 4.79 Å². The molecule has 0 aliphatic carbocycles. The third-order valence-corrected chi connectivity index (χ3v) is 2.50. The monoisotopic (exact) mass is 301 g/mol. The molecule has 1 aromatic rings. The molecule has 1 aliphatic heterocycles. The molecule has 0 aromatic heterocycles. The van der Waals surface area contributed by atoms with Crippen molar-refractivity contribution in [3.63, 3.8) is 0 Å². The molecule has 3 nitrogen and oxygen atoms in total. The van der Waals surface area contributed by atoms with E-state index in [1.165, 1.54) is 0 Å². The van der Waals surface area contributed by atoms with Crippen molar-refractivity contribution in [2.45, 2.75) is 12.1 Å². The molecule has 1 saturated heterocycles. The van der Waals surface area contributed by atoms with Crippen LogP contribution in [-0.4, -0.2) is 30.3 Å². The van der Waals surface area contributed by atoms with Gasteiger partial charge in [-0.1, -0.05) is 0 Å². The van der Waals surface area contributed by atoms with Crippen molar-refractivity contribution in [2.75, 3.05) is 13.1 Å². The summed E-state index contributed by atoms with van der Waals surface area (Å²) in [4.78, 5) is 8.90. The number of halogens is 6. The Labute approximate surface area is 109 Å². The molecule has 20 heavy (non-hydrogen) atoms. The number of carbonyl (C=O) groups is 1. The first-order valence-corrected chi connectivity index (χ1v) is 5.28. The van der Waals surface area contributed by atoms with Crippen molar-refractivity contribution in [1.82, 2.24) is 5.32 Å². The maximum absolute atomic E-state index is 12.7. The van der Waals surface area contributed by atoms with Crippen LogP contribution < -0.4 is 5.32 Å². The van der Waals surface area contributed by atoms with Gasteiger partial charge < -0.3 is 10.4 Å². The highest BCUT2D eigenvalue weighted by molar-refractivity contribution is 5.73. The fourth-order valence-electron chi connectivity index (χ4n) is 1.34. The average molecular weight is 301 g/mol. The van der Waals surface area contributed by atoms with Gasteiger partial charge in [0.25, 0.3) is 0 Å². The summed E-state index contributed by atoms with van der Waals surface area (Å²) < 4.78 is 69.7. The number of nitrogens with one attached hydrogen (secondary N) is 1. The number of hydrogen-bond acceptors (Lipinski definition) is 2. The smallest absolute Gasteiger partial charge is 0.475 e. The maximum Gasteiger partial charge on any atom is 0.490 e. The Morgan fingerprint density at radius 3 is 1.80 bits per heavy atom. The van der Waals surface area contributed by atoms with E-state index in [-0.39, 0.29) is 5.92 Å². The van der Waals surface area contributed by atoms with Crippen molar-refractivity contribution in [2.24, 2.45) is 0 Å². The number of rotatable bonds is 1. The SMILES string of the molecule is Fc1cc(C2CNC2)cc(F)c1F.O=C(O)C(F)(F)F. The van der Waals surface area contributed by atoms with Crippen LogP contribution in [0, 0.1) is 17.5 Å². The molecule has 0 spiro atoms. The van der Waals surface area contributed by atoms with Crippen molar-refractivity contribution >= 4 is 5.97 Å². The van der Waals surface area contributed by atoms with Gasteiger partial charge in [0.15, 0.2) is 17.5 Å². The molecule has 0 unspecified atom stereocenters. The van der Waals surface area contributed by atoms with E-state index in [1.807, 2.05) is 0 Å². The molecule has 0 radical (unpaired) electrons. The van der Waals surface area contributed by atoms with Gasteiger partial charge in [-0.05, 0) is 17.7 Å². The average Bonchev–Trinajstić information content (AvgIpc) is 2.22. The van der Waals surface area contributed by atoms with Crippen LogP contribution in [0.15, 0.2) is 12.1 Å². The minimum absolute atomic E-state index is 0.115. The van der Waals surface area contributed by atoms with Crippen LogP contribution in [0.25, 0.3) is 0 Å². The quantitative estimate of drug-likeness (QED) is 0.619. The summed E-state index contributed by atoms with van der Waals surface area (Å²) in [5, 5.41) is 10.1. The lowest BCUT2D eigenvalue weighted by molar-refractivity contribution is -0.192. The molecule has 2 rings (SSSR count). The fraction of sp³-hybridized carbons (Fsp3) is 0.364. The van der Waals surface area contributed by atoms with E-state index < -0.39 is 29.6 Å². The van der Waals surface area contributed by atoms with Crippen LogP contribution in [0.4, 0.5) is 26.3 Å². The van der Waals surface area contributed by atoms with E-state index in [2.05, 4.69) is 5.32 Å².